The number of hydrogen-bond acceptors (Lipinski definition) is 2. The number of benzene rings is 7. The highest BCUT2D eigenvalue weighted by molar-refractivity contribution is 6.25. The molecule has 0 amide bonds. The SMILES string of the molecule is c1ccc(-c2ccc(-c3c4ccccc4c(-c4coc5c4ccc4c6ccccc6oc45)c4ccccc34)cc2)cc1. The number of rotatable bonds is 3. The van der Waals surface area contributed by atoms with Crippen molar-refractivity contribution in [3.8, 4) is 33.4 Å². The summed E-state index contributed by atoms with van der Waals surface area (Å²) < 4.78 is 12.6. The summed E-state index contributed by atoms with van der Waals surface area (Å²) in [7, 11) is 0. The average molecular weight is 537 g/mol. The molecule has 42 heavy (non-hydrogen) atoms. The van der Waals surface area contributed by atoms with E-state index in [1.807, 2.05) is 24.5 Å². The molecule has 0 saturated carbocycles. The van der Waals surface area contributed by atoms with Gasteiger partial charge in [0.05, 0.1) is 6.26 Å². The second kappa shape index (κ2) is 8.95. The van der Waals surface area contributed by atoms with E-state index >= 15 is 0 Å². The van der Waals surface area contributed by atoms with Crippen LogP contribution in [0.1, 0.15) is 0 Å². The molecule has 2 nitrogen and oxygen atoms in total. The Bertz CT molecular complexity index is 2380. The van der Waals surface area contributed by atoms with Crippen LogP contribution in [0.25, 0.3) is 87.8 Å². The quantitative estimate of drug-likeness (QED) is 0.210. The number of para-hydroxylation sites is 1. The molecule has 0 aliphatic rings. The molecule has 0 radical (unpaired) electrons. The lowest BCUT2D eigenvalue weighted by Gasteiger charge is -2.17. The molecule has 9 aromatic rings. The van der Waals surface area contributed by atoms with Crippen LogP contribution in [0.5, 0.6) is 0 Å². The molecule has 2 aromatic heterocycles. The van der Waals surface area contributed by atoms with Crippen molar-refractivity contribution in [1.29, 1.82) is 0 Å². The fraction of sp³-hybridized carbons (Fsp3) is 0. The molecule has 2 heteroatoms. The highest BCUT2D eigenvalue weighted by atomic mass is 16.4. The molecule has 0 saturated heterocycles. The van der Waals surface area contributed by atoms with E-state index in [1.54, 1.807) is 0 Å². The molecule has 9 rings (SSSR count). The highest BCUT2D eigenvalue weighted by Gasteiger charge is 2.21. The van der Waals surface area contributed by atoms with Crippen LogP contribution in [0.15, 0.2) is 155 Å². The van der Waals surface area contributed by atoms with Crippen LogP contribution in [0.4, 0.5) is 0 Å². The van der Waals surface area contributed by atoms with Crippen molar-refractivity contribution in [2.75, 3.05) is 0 Å². The predicted molar refractivity (Wildman–Crippen MR) is 175 cm³/mol. The Balaban J connectivity index is 1.31. The summed E-state index contributed by atoms with van der Waals surface area (Å²) in [4.78, 5) is 0. The maximum Gasteiger partial charge on any atom is 0.178 e. The number of hydrogen-bond donors (Lipinski definition) is 0. The van der Waals surface area contributed by atoms with E-state index in [0.29, 0.717) is 0 Å². The first-order valence-corrected chi connectivity index (χ1v) is 14.3. The van der Waals surface area contributed by atoms with Gasteiger partial charge in [-0.3, -0.25) is 0 Å². The zero-order valence-electron chi connectivity index (χ0n) is 22.7. The Hall–Kier alpha value is -5.60. The van der Waals surface area contributed by atoms with E-state index in [4.69, 9.17) is 8.83 Å². The van der Waals surface area contributed by atoms with Crippen molar-refractivity contribution in [2.24, 2.45) is 0 Å². The molecule has 0 aliphatic carbocycles. The van der Waals surface area contributed by atoms with Gasteiger partial charge in [-0.2, -0.15) is 0 Å². The largest absolute Gasteiger partial charge is 0.460 e. The van der Waals surface area contributed by atoms with Gasteiger partial charge >= 0.3 is 0 Å². The third-order valence-electron chi connectivity index (χ3n) is 8.57. The molecule has 0 bridgehead atoms. The lowest BCUT2D eigenvalue weighted by molar-refractivity contribution is 0.601. The predicted octanol–water partition coefficient (Wildman–Crippen LogP) is 11.6. The smallest absolute Gasteiger partial charge is 0.178 e. The van der Waals surface area contributed by atoms with E-state index in [1.165, 1.54) is 49.4 Å². The summed E-state index contributed by atoms with van der Waals surface area (Å²) in [5.41, 5.74) is 9.59. The Morgan fingerprint density at radius 3 is 1.55 bits per heavy atom. The summed E-state index contributed by atoms with van der Waals surface area (Å²) in [5, 5.41) is 8.07. The van der Waals surface area contributed by atoms with Crippen molar-refractivity contribution in [2.45, 2.75) is 0 Å². The van der Waals surface area contributed by atoms with Gasteiger partial charge in [-0.05, 0) is 62.0 Å². The molecule has 0 atom stereocenters. The van der Waals surface area contributed by atoms with Gasteiger partial charge < -0.3 is 8.83 Å². The van der Waals surface area contributed by atoms with Gasteiger partial charge in [-0.1, -0.05) is 121 Å². The minimum atomic E-state index is 0.785. The summed E-state index contributed by atoms with van der Waals surface area (Å²) in [6, 6.07) is 49.5. The normalized spacial score (nSPS) is 11.8. The zero-order valence-corrected chi connectivity index (χ0v) is 22.7. The van der Waals surface area contributed by atoms with Crippen molar-refractivity contribution in [3.63, 3.8) is 0 Å². The molecule has 7 aromatic carbocycles. The maximum atomic E-state index is 6.32. The van der Waals surface area contributed by atoms with Crippen LogP contribution in [-0.4, -0.2) is 0 Å². The van der Waals surface area contributed by atoms with E-state index in [-0.39, 0.29) is 0 Å². The van der Waals surface area contributed by atoms with Crippen molar-refractivity contribution >= 4 is 54.5 Å². The van der Waals surface area contributed by atoms with Crippen molar-refractivity contribution in [3.05, 3.63) is 146 Å². The Kier molecular flexibility index (Phi) is 4.93. The fourth-order valence-corrected chi connectivity index (χ4v) is 6.66. The van der Waals surface area contributed by atoms with Gasteiger partial charge in [-0.25, -0.2) is 0 Å². The molecule has 0 spiro atoms. The number of furan rings is 2. The average Bonchev–Trinajstić information content (AvgIpc) is 3.66. The summed E-state index contributed by atoms with van der Waals surface area (Å²) in [6.45, 7) is 0. The van der Waals surface area contributed by atoms with Crippen molar-refractivity contribution < 1.29 is 8.83 Å². The van der Waals surface area contributed by atoms with E-state index in [0.717, 1.165) is 38.5 Å². The summed E-state index contributed by atoms with van der Waals surface area (Å²) in [6.07, 6.45) is 1.90. The Morgan fingerprint density at radius 2 is 0.857 bits per heavy atom. The fourth-order valence-electron chi connectivity index (χ4n) is 6.66. The third kappa shape index (κ3) is 3.33. The summed E-state index contributed by atoms with van der Waals surface area (Å²) in [5.74, 6) is 0. The first kappa shape index (κ1) is 23.1. The van der Waals surface area contributed by atoms with Crippen LogP contribution in [-0.2, 0) is 0 Å². The van der Waals surface area contributed by atoms with Gasteiger partial charge in [0.25, 0.3) is 0 Å². The van der Waals surface area contributed by atoms with Crippen LogP contribution in [0.2, 0.25) is 0 Å². The molecule has 0 unspecified atom stereocenters. The van der Waals surface area contributed by atoms with Crippen LogP contribution < -0.4 is 0 Å². The maximum absolute atomic E-state index is 6.32. The van der Waals surface area contributed by atoms with Gasteiger partial charge in [0.1, 0.15) is 5.58 Å². The topological polar surface area (TPSA) is 26.3 Å². The Morgan fingerprint density at radius 1 is 0.333 bits per heavy atom. The molecule has 0 N–H and O–H groups in total. The second-order valence-corrected chi connectivity index (χ2v) is 10.9. The van der Waals surface area contributed by atoms with Crippen LogP contribution in [0, 0.1) is 0 Å². The van der Waals surface area contributed by atoms with E-state index < -0.39 is 0 Å². The highest BCUT2D eigenvalue weighted by Crippen LogP contribution is 2.47. The molecular weight excluding hydrogens is 512 g/mol. The van der Waals surface area contributed by atoms with Gasteiger partial charge in [0.15, 0.2) is 11.2 Å². The standard InChI is InChI=1S/C40H24O2/c1-2-10-25(11-3-1)26-18-20-27(21-19-26)37-29-13-4-6-15-31(29)38(32-16-7-5-14-30(32)37)35-24-41-39-34(35)23-22-33-28-12-8-9-17-36(28)42-40(33)39/h1-24H. The lowest BCUT2D eigenvalue weighted by atomic mass is 9.85. The van der Waals surface area contributed by atoms with E-state index in [2.05, 4.69) is 121 Å². The van der Waals surface area contributed by atoms with Gasteiger partial charge in [0.2, 0.25) is 0 Å². The molecule has 2 heterocycles. The minimum absolute atomic E-state index is 0.785. The molecule has 0 aliphatic heterocycles. The first-order valence-electron chi connectivity index (χ1n) is 14.3. The monoisotopic (exact) mass is 536 g/mol. The lowest BCUT2D eigenvalue weighted by Crippen LogP contribution is -1.90. The van der Waals surface area contributed by atoms with Crippen molar-refractivity contribution in [1.82, 2.24) is 0 Å². The third-order valence-corrected chi connectivity index (χ3v) is 8.57. The second-order valence-electron chi connectivity index (χ2n) is 10.9. The molecule has 196 valence electrons. The van der Waals surface area contributed by atoms with Gasteiger partial charge in [-0.15, -0.1) is 0 Å². The molecular formula is C40H24O2. The van der Waals surface area contributed by atoms with Crippen LogP contribution >= 0.6 is 0 Å². The number of fused-ring (bicyclic) bond motifs is 7. The minimum Gasteiger partial charge on any atom is -0.460 e. The zero-order chi connectivity index (χ0) is 27.6. The van der Waals surface area contributed by atoms with Gasteiger partial charge in [0, 0.05) is 27.3 Å². The summed E-state index contributed by atoms with van der Waals surface area (Å²) >= 11 is 0. The molecule has 0 fully saturated rings. The Labute approximate surface area is 242 Å². The van der Waals surface area contributed by atoms with E-state index in [9.17, 15) is 0 Å². The van der Waals surface area contributed by atoms with Crippen LogP contribution in [0.3, 0.4) is 0 Å². The first-order chi connectivity index (χ1) is 20.8.